The number of nitrogens with one attached hydrogen (secondary N) is 1. The number of hydrogen-bond donors (Lipinski definition) is 3. The van der Waals surface area contributed by atoms with Crippen LogP contribution >= 0.6 is 0 Å². The first-order valence-electron chi connectivity index (χ1n) is 15.9. The number of halogens is 5. The van der Waals surface area contributed by atoms with Crippen LogP contribution in [-0.2, 0) is 11.0 Å². The lowest BCUT2D eigenvalue weighted by Crippen LogP contribution is -2.51. The number of pyridine rings is 1. The number of ether oxygens (including phenoxy) is 2. The molecule has 5 N–H and O–H groups in total. The highest BCUT2D eigenvalue weighted by molar-refractivity contribution is 5.96. The van der Waals surface area contributed by atoms with Crippen LogP contribution in [0.2, 0.25) is 0 Å². The lowest BCUT2D eigenvalue weighted by Gasteiger charge is -2.34. The molecule has 5 heterocycles. The Kier molecular flexibility index (Phi) is 11.5. The zero-order valence-electron chi connectivity index (χ0n) is 28.0. The molecule has 16 heteroatoms. The number of methoxy groups -OCH3 is 1. The van der Waals surface area contributed by atoms with Gasteiger partial charge in [-0.05, 0) is 64.3 Å². The quantitative estimate of drug-likeness (QED) is 0.242. The Labute approximate surface area is 276 Å². The van der Waals surface area contributed by atoms with Crippen LogP contribution in [0.5, 0.6) is 11.9 Å². The Bertz CT molecular complexity index is 1640. The SMILES string of the molecule is CC.CN1CC2CCCN2CC1=O.COc1nc(N)c2c(OC(C)CC3CCN3)nc(-c3cc(N)c(F)c(C)c3C(F)(F)F)c(F)c2n1. The van der Waals surface area contributed by atoms with E-state index >= 15 is 4.39 Å². The Morgan fingerprint density at radius 2 is 1.81 bits per heavy atom. The molecule has 0 aliphatic carbocycles. The van der Waals surface area contributed by atoms with E-state index in [4.69, 9.17) is 20.9 Å². The average Bonchev–Trinajstić information content (AvgIpc) is 3.46. The highest BCUT2D eigenvalue weighted by Crippen LogP contribution is 2.44. The van der Waals surface area contributed by atoms with E-state index in [1.165, 1.54) is 20.0 Å². The third-order valence-electron chi connectivity index (χ3n) is 8.61. The van der Waals surface area contributed by atoms with Crippen molar-refractivity contribution in [1.82, 2.24) is 30.1 Å². The fourth-order valence-electron chi connectivity index (χ4n) is 6.08. The minimum Gasteiger partial charge on any atom is -0.474 e. The summed E-state index contributed by atoms with van der Waals surface area (Å²) in [6, 6.07) is 1.24. The van der Waals surface area contributed by atoms with Gasteiger partial charge in [-0.25, -0.2) is 13.8 Å². The van der Waals surface area contributed by atoms with Gasteiger partial charge in [0.15, 0.2) is 5.82 Å². The first-order chi connectivity index (χ1) is 22.7. The van der Waals surface area contributed by atoms with Gasteiger partial charge in [0.1, 0.15) is 28.2 Å². The van der Waals surface area contributed by atoms with Crippen molar-refractivity contribution in [1.29, 1.82) is 0 Å². The molecule has 3 aliphatic rings. The van der Waals surface area contributed by atoms with Crippen LogP contribution in [-0.4, -0.2) is 89.2 Å². The minimum absolute atomic E-state index is 0.124. The second-order valence-corrected chi connectivity index (χ2v) is 11.9. The number of nitrogens with two attached hydrogens (primary N) is 2. The van der Waals surface area contributed by atoms with Gasteiger partial charge in [-0.15, -0.1) is 0 Å². The summed E-state index contributed by atoms with van der Waals surface area (Å²) >= 11 is 0. The highest BCUT2D eigenvalue weighted by Gasteiger charge is 2.39. The Morgan fingerprint density at radius 1 is 1.12 bits per heavy atom. The molecule has 0 spiro atoms. The zero-order valence-corrected chi connectivity index (χ0v) is 28.0. The molecular formula is C32H43F5N8O3. The van der Waals surface area contributed by atoms with Crippen molar-refractivity contribution < 1.29 is 36.2 Å². The summed E-state index contributed by atoms with van der Waals surface area (Å²) in [4.78, 5) is 27.3. The smallest absolute Gasteiger partial charge is 0.417 e. The average molecular weight is 683 g/mol. The highest BCUT2D eigenvalue weighted by atomic mass is 19.4. The number of carbonyl (C=O) groups excluding carboxylic acids is 1. The summed E-state index contributed by atoms with van der Waals surface area (Å²) in [6.07, 6.45) is -1.47. The van der Waals surface area contributed by atoms with E-state index in [-0.39, 0.29) is 35.0 Å². The maximum absolute atomic E-state index is 15.7. The molecule has 3 unspecified atom stereocenters. The summed E-state index contributed by atoms with van der Waals surface area (Å²) in [5.74, 6) is -2.72. The second-order valence-electron chi connectivity index (χ2n) is 11.9. The van der Waals surface area contributed by atoms with Gasteiger partial charge in [-0.1, -0.05) is 13.8 Å². The number of rotatable bonds is 6. The van der Waals surface area contributed by atoms with E-state index in [0.717, 1.165) is 33.0 Å². The molecule has 1 aromatic carbocycles. The Hall–Kier alpha value is -4.05. The van der Waals surface area contributed by atoms with Crippen molar-refractivity contribution >= 4 is 28.3 Å². The fraction of sp³-hybridized carbons (Fsp3) is 0.562. The van der Waals surface area contributed by atoms with Crippen molar-refractivity contribution in [3.8, 4) is 23.1 Å². The van der Waals surface area contributed by atoms with Crippen LogP contribution in [0.3, 0.4) is 0 Å². The van der Waals surface area contributed by atoms with Crippen LogP contribution in [0, 0.1) is 18.6 Å². The summed E-state index contributed by atoms with van der Waals surface area (Å²) < 4.78 is 82.8. The van der Waals surface area contributed by atoms with E-state index in [1.807, 2.05) is 25.8 Å². The normalized spacial score (nSPS) is 19.8. The van der Waals surface area contributed by atoms with Gasteiger partial charge < -0.3 is 31.2 Å². The van der Waals surface area contributed by atoms with Gasteiger partial charge in [0.25, 0.3) is 0 Å². The van der Waals surface area contributed by atoms with Crippen molar-refractivity contribution in [3.05, 3.63) is 28.8 Å². The first kappa shape index (κ1) is 36.8. The number of alkyl halides is 3. The van der Waals surface area contributed by atoms with Crippen molar-refractivity contribution in [2.45, 2.75) is 77.7 Å². The molecule has 3 fully saturated rings. The van der Waals surface area contributed by atoms with E-state index in [0.29, 0.717) is 25.1 Å². The van der Waals surface area contributed by atoms with Gasteiger partial charge in [0.2, 0.25) is 11.8 Å². The lowest BCUT2D eigenvalue weighted by atomic mass is 9.96. The van der Waals surface area contributed by atoms with E-state index < -0.39 is 57.5 Å². The molecule has 2 aromatic heterocycles. The molecule has 3 aromatic rings. The van der Waals surface area contributed by atoms with Gasteiger partial charge in [0.05, 0.1) is 31.0 Å². The molecule has 1 amide bonds. The second kappa shape index (κ2) is 15.0. The topological polar surface area (TPSA) is 145 Å². The van der Waals surface area contributed by atoms with Crippen molar-refractivity contribution in [2.75, 3.05) is 51.8 Å². The third-order valence-corrected chi connectivity index (χ3v) is 8.61. The number of anilines is 2. The molecule has 3 saturated heterocycles. The molecule has 48 heavy (non-hydrogen) atoms. The van der Waals surface area contributed by atoms with Gasteiger partial charge in [0, 0.05) is 31.2 Å². The molecular weight excluding hydrogens is 639 g/mol. The lowest BCUT2D eigenvalue weighted by molar-refractivity contribution is -0.138. The van der Waals surface area contributed by atoms with Crippen molar-refractivity contribution in [2.24, 2.45) is 0 Å². The number of likely N-dealkylation sites (N-methyl/N-ethyl adjacent to an activating group) is 1. The van der Waals surface area contributed by atoms with Crippen LogP contribution in [0.1, 0.15) is 57.6 Å². The van der Waals surface area contributed by atoms with Crippen LogP contribution in [0.25, 0.3) is 22.2 Å². The maximum atomic E-state index is 15.7. The van der Waals surface area contributed by atoms with Gasteiger partial charge in [-0.2, -0.15) is 23.1 Å². The molecule has 0 bridgehead atoms. The fourth-order valence-corrected chi connectivity index (χ4v) is 6.08. The number of nitrogens with zero attached hydrogens (tertiary/aromatic N) is 5. The number of nitrogen functional groups attached to an aromatic ring is 2. The predicted molar refractivity (Wildman–Crippen MR) is 172 cm³/mol. The molecule has 11 nitrogen and oxygen atoms in total. The summed E-state index contributed by atoms with van der Waals surface area (Å²) in [7, 11) is 3.12. The number of amides is 1. The van der Waals surface area contributed by atoms with Crippen LogP contribution in [0.15, 0.2) is 6.07 Å². The number of piperazine rings is 1. The van der Waals surface area contributed by atoms with Gasteiger partial charge in [-0.3, -0.25) is 9.69 Å². The number of hydrogen-bond acceptors (Lipinski definition) is 10. The molecule has 6 rings (SSSR count). The minimum atomic E-state index is -5.04. The number of benzene rings is 1. The van der Waals surface area contributed by atoms with Crippen molar-refractivity contribution in [3.63, 3.8) is 0 Å². The maximum Gasteiger partial charge on any atom is 0.417 e. The zero-order chi connectivity index (χ0) is 35.5. The number of carbonyl (C=O) groups is 1. The number of aromatic nitrogens is 3. The van der Waals surface area contributed by atoms with Crippen LogP contribution < -0.4 is 26.3 Å². The van der Waals surface area contributed by atoms with Crippen LogP contribution in [0.4, 0.5) is 33.5 Å². The predicted octanol–water partition coefficient (Wildman–Crippen LogP) is 4.94. The summed E-state index contributed by atoms with van der Waals surface area (Å²) in [5.41, 5.74) is 6.79. The van der Waals surface area contributed by atoms with E-state index in [2.05, 4.69) is 25.2 Å². The molecule has 3 atom stereocenters. The largest absolute Gasteiger partial charge is 0.474 e. The Balaban J connectivity index is 0.000000333. The Morgan fingerprint density at radius 3 is 2.42 bits per heavy atom. The van der Waals surface area contributed by atoms with Gasteiger partial charge >= 0.3 is 12.2 Å². The first-order valence-corrected chi connectivity index (χ1v) is 15.9. The summed E-state index contributed by atoms with van der Waals surface area (Å²) in [6.45, 7) is 10.2. The summed E-state index contributed by atoms with van der Waals surface area (Å²) in [5, 5.41) is 3.09. The molecule has 0 radical (unpaired) electrons. The van der Waals surface area contributed by atoms with E-state index in [9.17, 15) is 22.4 Å². The molecule has 3 aliphatic heterocycles. The third kappa shape index (κ3) is 7.64. The standard InChI is InChI=1S/C22H23F5N6O2.C8H14N2O.C2H6/c1-8(6-10-4-5-30-10)35-20-13-18(32-21(34-3)33-19(13)29)16(24)17(31-20)11-7-12(28)15(23)9(2)14(11)22(25,26)27;1-9-5-7-3-2-4-10(7)6-8(9)11;1-2/h7-8,10,30H,4-6,28H2,1-3H3,(H2,29,32,33);7H,2-6H2,1H3;1-2H3. The van der Waals surface area contributed by atoms with E-state index in [1.54, 1.807) is 6.92 Å². The molecule has 264 valence electrons. The molecule has 0 saturated carbocycles. The number of fused-ring (bicyclic) bond motifs is 2. The monoisotopic (exact) mass is 682 g/mol.